The maximum atomic E-state index is 13.3. The summed E-state index contributed by atoms with van der Waals surface area (Å²) in [6, 6.07) is 6.84. The molecule has 35 heavy (non-hydrogen) atoms. The second-order valence-electron chi connectivity index (χ2n) is 10.0. The number of ketones is 1. The highest BCUT2D eigenvalue weighted by molar-refractivity contribution is 6.46. The molecular weight excluding hydrogens is 442 g/mol. The summed E-state index contributed by atoms with van der Waals surface area (Å²) in [6.45, 7) is 12.8. The largest absolute Gasteiger partial charge is 0.507 e. The van der Waals surface area contributed by atoms with Crippen LogP contribution >= 0.6 is 0 Å². The molecule has 188 valence electrons. The maximum Gasteiger partial charge on any atom is 0.295 e. The summed E-state index contributed by atoms with van der Waals surface area (Å²) in [5, 5.41) is 11.4. The third kappa shape index (κ3) is 5.01. The lowest BCUT2D eigenvalue weighted by molar-refractivity contribution is -0.140. The number of aromatic nitrogens is 1. The van der Waals surface area contributed by atoms with Crippen molar-refractivity contribution >= 4 is 17.4 Å². The first-order chi connectivity index (χ1) is 16.7. The van der Waals surface area contributed by atoms with Crippen LogP contribution in [0, 0.1) is 20.8 Å². The summed E-state index contributed by atoms with van der Waals surface area (Å²) in [7, 11) is 0. The number of aromatic amines is 1. The first-order valence-corrected chi connectivity index (χ1v) is 12.6. The number of aliphatic hydroxyl groups excluding tert-OH is 1. The summed E-state index contributed by atoms with van der Waals surface area (Å²) in [5.41, 5.74) is 4.10. The number of nitrogens with one attached hydrogen (secondary N) is 1. The molecule has 1 aromatic carbocycles. The number of aliphatic hydroxyl groups is 1. The van der Waals surface area contributed by atoms with E-state index in [4.69, 9.17) is 4.74 Å². The van der Waals surface area contributed by atoms with Gasteiger partial charge in [-0.25, -0.2) is 0 Å². The smallest absolute Gasteiger partial charge is 0.295 e. The number of rotatable bonds is 7. The Labute approximate surface area is 207 Å². The van der Waals surface area contributed by atoms with Gasteiger partial charge in [-0.1, -0.05) is 18.6 Å². The van der Waals surface area contributed by atoms with E-state index in [0.717, 1.165) is 54.2 Å². The number of H-pyrrole nitrogens is 1. The summed E-state index contributed by atoms with van der Waals surface area (Å²) in [4.78, 5) is 33.8. The van der Waals surface area contributed by atoms with Crippen LogP contribution in [0.5, 0.6) is 5.75 Å². The number of piperidine rings is 1. The number of ether oxygens (including phenoxy) is 1. The molecule has 0 saturated carbocycles. The van der Waals surface area contributed by atoms with Gasteiger partial charge in [0.05, 0.1) is 17.7 Å². The van der Waals surface area contributed by atoms with Gasteiger partial charge in [0, 0.05) is 30.0 Å². The van der Waals surface area contributed by atoms with E-state index in [1.54, 1.807) is 4.90 Å². The highest BCUT2D eigenvalue weighted by Gasteiger charge is 2.46. The van der Waals surface area contributed by atoms with Crippen LogP contribution in [-0.4, -0.2) is 63.9 Å². The average Bonchev–Trinajstić information content (AvgIpc) is 3.23. The molecule has 1 aromatic heterocycles. The lowest BCUT2D eigenvalue weighted by Gasteiger charge is -2.31. The van der Waals surface area contributed by atoms with Crippen molar-refractivity contribution < 1.29 is 19.4 Å². The predicted molar refractivity (Wildman–Crippen MR) is 137 cm³/mol. The van der Waals surface area contributed by atoms with E-state index in [9.17, 15) is 14.7 Å². The third-order valence-electron chi connectivity index (χ3n) is 7.14. The number of carbonyl (C=O) groups is 2. The number of nitrogens with zero attached hydrogens (tertiary/aromatic N) is 2. The number of amides is 1. The van der Waals surface area contributed by atoms with Gasteiger partial charge < -0.3 is 24.6 Å². The minimum absolute atomic E-state index is 0.0406. The maximum absolute atomic E-state index is 13.3. The number of aryl methyl sites for hydroxylation is 2. The van der Waals surface area contributed by atoms with Crippen LogP contribution in [0.2, 0.25) is 0 Å². The average molecular weight is 480 g/mol. The van der Waals surface area contributed by atoms with E-state index in [-0.39, 0.29) is 17.4 Å². The van der Waals surface area contributed by atoms with Crippen molar-refractivity contribution in [1.82, 2.24) is 14.8 Å². The topological polar surface area (TPSA) is 85.9 Å². The first-order valence-electron chi connectivity index (χ1n) is 12.6. The van der Waals surface area contributed by atoms with Gasteiger partial charge in [-0.2, -0.15) is 0 Å². The molecular formula is C28H37N3O4. The number of hydrogen-bond acceptors (Lipinski definition) is 5. The molecule has 1 amide bonds. The summed E-state index contributed by atoms with van der Waals surface area (Å²) in [5.74, 6) is -0.581. The van der Waals surface area contributed by atoms with E-state index in [2.05, 4.69) is 9.88 Å². The normalized spacial score (nSPS) is 20.7. The van der Waals surface area contributed by atoms with Crippen LogP contribution in [-0.2, 0) is 9.59 Å². The molecule has 0 bridgehead atoms. The second kappa shape index (κ2) is 10.3. The quantitative estimate of drug-likeness (QED) is 0.343. The Morgan fingerprint density at radius 3 is 2.26 bits per heavy atom. The standard InChI is InChI=1S/C28H37N3O4/c1-17(2)35-22-11-9-21(10-12-22)25-24(26(32)23-18(3)19(4)29-20(23)5)27(33)28(34)31(25)16-15-30-13-7-6-8-14-30/h9-12,17,25,29,32H,6-8,13-16H2,1-5H3/b26-24+. The third-order valence-corrected chi connectivity index (χ3v) is 7.14. The van der Waals surface area contributed by atoms with Gasteiger partial charge in [-0.05, 0) is 83.8 Å². The zero-order valence-electron chi connectivity index (χ0n) is 21.5. The van der Waals surface area contributed by atoms with Crippen LogP contribution in [0.1, 0.15) is 67.2 Å². The number of likely N-dealkylation sites (tertiary alicyclic amines) is 2. The molecule has 4 rings (SSSR count). The molecule has 1 atom stereocenters. The van der Waals surface area contributed by atoms with Gasteiger partial charge in [-0.15, -0.1) is 0 Å². The molecule has 7 heteroatoms. The fourth-order valence-electron chi connectivity index (χ4n) is 5.29. The molecule has 1 unspecified atom stereocenters. The summed E-state index contributed by atoms with van der Waals surface area (Å²) >= 11 is 0. The fraction of sp³-hybridized carbons (Fsp3) is 0.500. The van der Waals surface area contributed by atoms with Crippen molar-refractivity contribution in [1.29, 1.82) is 0 Å². The Bertz CT molecular complexity index is 1120. The molecule has 0 aliphatic carbocycles. The van der Waals surface area contributed by atoms with Crippen molar-refractivity contribution in [3.8, 4) is 5.75 Å². The van der Waals surface area contributed by atoms with E-state index < -0.39 is 17.7 Å². The molecule has 7 nitrogen and oxygen atoms in total. The Kier molecular flexibility index (Phi) is 7.36. The van der Waals surface area contributed by atoms with E-state index in [1.807, 2.05) is 58.9 Å². The molecule has 2 aromatic rings. The zero-order valence-corrected chi connectivity index (χ0v) is 21.5. The minimum Gasteiger partial charge on any atom is -0.507 e. The number of carbonyl (C=O) groups excluding carboxylic acids is 2. The van der Waals surface area contributed by atoms with Crippen LogP contribution in [0.3, 0.4) is 0 Å². The van der Waals surface area contributed by atoms with Gasteiger partial charge in [0.2, 0.25) is 0 Å². The molecule has 0 radical (unpaired) electrons. The molecule has 2 saturated heterocycles. The molecule has 2 fully saturated rings. The van der Waals surface area contributed by atoms with Crippen molar-refractivity contribution in [2.75, 3.05) is 26.2 Å². The Hall–Kier alpha value is -3.06. The Morgan fingerprint density at radius 2 is 1.69 bits per heavy atom. The highest BCUT2D eigenvalue weighted by Crippen LogP contribution is 2.41. The van der Waals surface area contributed by atoms with Gasteiger partial charge >= 0.3 is 0 Å². The van der Waals surface area contributed by atoms with Gasteiger partial charge in [0.1, 0.15) is 11.5 Å². The summed E-state index contributed by atoms with van der Waals surface area (Å²) in [6.07, 6.45) is 3.59. The first kappa shape index (κ1) is 25.0. The lowest BCUT2D eigenvalue weighted by atomic mass is 9.94. The number of benzene rings is 1. The number of hydrogen-bond donors (Lipinski definition) is 2. The summed E-state index contributed by atoms with van der Waals surface area (Å²) < 4.78 is 5.79. The van der Waals surface area contributed by atoms with Crippen molar-refractivity contribution in [2.24, 2.45) is 0 Å². The van der Waals surface area contributed by atoms with Crippen LogP contribution in [0.25, 0.3) is 5.76 Å². The Morgan fingerprint density at radius 1 is 1.03 bits per heavy atom. The SMILES string of the molecule is Cc1[nH]c(C)c(/C(O)=C2\C(=O)C(=O)N(CCN3CCCCC3)C2c2ccc(OC(C)C)cc2)c1C. The zero-order chi connectivity index (χ0) is 25.3. The monoisotopic (exact) mass is 479 g/mol. The van der Waals surface area contributed by atoms with E-state index in [1.165, 1.54) is 6.42 Å². The van der Waals surface area contributed by atoms with Gasteiger partial charge in [0.25, 0.3) is 11.7 Å². The molecule has 3 heterocycles. The molecule has 2 aliphatic heterocycles. The molecule has 0 spiro atoms. The van der Waals surface area contributed by atoms with Crippen molar-refractivity contribution in [3.63, 3.8) is 0 Å². The highest BCUT2D eigenvalue weighted by atomic mass is 16.5. The minimum atomic E-state index is -0.651. The molecule has 2 N–H and O–H groups in total. The van der Waals surface area contributed by atoms with Crippen LogP contribution in [0.4, 0.5) is 0 Å². The van der Waals surface area contributed by atoms with Crippen molar-refractivity contribution in [2.45, 2.75) is 66.0 Å². The molecule has 2 aliphatic rings. The number of Topliss-reactive ketones (excluding diaryl/α,β-unsaturated/α-hetero) is 1. The Balaban J connectivity index is 1.76. The van der Waals surface area contributed by atoms with Crippen molar-refractivity contribution in [3.05, 3.63) is 57.9 Å². The lowest BCUT2D eigenvalue weighted by Crippen LogP contribution is -2.39. The van der Waals surface area contributed by atoms with E-state index in [0.29, 0.717) is 18.7 Å². The van der Waals surface area contributed by atoms with Gasteiger partial charge in [-0.3, -0.25) is 9.59 Å². The van der Waals surface area contributed by atoms with Crippen LogP contribution in [0.15, 0.2) is 29.8 Å². The van der Waals surface area contributed by atoms with E-state index >= 15 is 0 Å². The fourth-order valence-corrected chi connectivity index (χ4v) is 5.29. The van der Waals surface area contributed by atoms with Crippen LogP contribution < -0.4 is 4.74 Å². The predicted octanol–water partition coefficient (Wildman–Crippen LogP) is 4.63. The van der Waals surface area contributed by atoms with Gasteiger partial charge in [0.15, 0.2) is 0 Å². The second-order valence-corrected chi connectivity index (χ2v) is 10.0.